The Labute approximate surface area is 123 Å². The summed E-state index contributed by atoms with van der Waals surface area (Å²) in [5, 5.41) is 18.0. The standard InChI is InChI=1S/C16H17N3O2/c1-2-13-11-12(5-3-4-10-20)6-7-14(13)18-16(21)15-8-9-17-19-15/h6-9,11,20H,2,4,10H2,1H3,(H,17,19)(H,18,21). The predicted molar refractivity (Wildman–Crippen MR) is 80.9 cm³/mol. The molecule has 0 saturated carbocycles. The Kier molecular flexibility index (Phi) is 5.13. The molecule has 0 bridgehead atoms. The molecule has 3 N–H and O–H groups in total. The van der Waals surface area contributed by atoms with Crippen LogP contribution >= 0.6 is 0 Å². The smallest absolute Gasteiger partial charge is 0.273 e. The lowest BCUT2D eigenvalue weighted by Crippen LogP contribution is -2.13. The van der Waals surface area contributed by atoms with Gasteiger partial charge >= 0.3 is 0 Å². The summed E-state index contributed by atoms with van der Waals surface area (Å²) in [6, 6.07) is 7.27. The van der Waals surface area contributed by atoms with E-state index in [4.69, 9.17) is 5.11 Å². The van der Waals surface area contributed by atoms with Crippen molar-refractivity contribution in [3.63, 3.8) is 0 Å². The lowest BCUT2D eigenvalue weighted by Gasteiger charge is -2.09. The van der Waals surface area contributed by atoms with Gasteiger partial charge in [-0.05, 0) is 36.2 Å². The number of nitrogens with zero attached hydrogens (tertiary/aromatic N) is 1. The highest BCUT2D eigenvalue weighted by Crippen LogP contribution is 2.18. The first-order valence-corrected chi connectivity index (χ1v) is 6.78. The van der Waals surface area contributed by atoms with Crippen LogP contribution in [0.3, 0.4) is 0 Å². The van der Waals surface area contributed by atoms with Crippen molar-refractivity contribution in [2.24, 2.45) is 0 Å². The Bertz CT molecular complexity index is 667. The quantitative estimate of drug-likeness (QED) is 0.751. The van der Waals surface area contributed by atoms with Gasteiger partial charge < -0.3 is 10.4 Å². The van der Waals surface area contributed by atoms with E-state index in [1.54, 1.807) is 6.07 Å². The van der Waals surface area contributed by atoms with Crippen LogP contribution < -0.4 is 5.32 Å². The summed E-state index contributed by atoms with van der Waals surface area (Å²) in [7, 11) is 0. The molecular formula is C16H17N3O2. The minimum atomic E-state index is -0.221. The zero-order chi connectivity index (χ0) is 15.1. The third kappa shape index (κ3) is 3.94. The fraction of sp³-hybridized carbons (Fsp3) is 0.250. The van der Waals surface area contributed by atoms with Crippen LogP contribution in [0.25, 0.3) is 0 Å². The number of aryl methyl sites for hydroxylation is 1. The van der Waals surface area contributed by atoms with Gasteiger partial charge in [0.15, 0.2) is 0 Å². The molecule has 1 amide bonds. The summed E-state index contributed by atoms with van der Waals surface area (Å²) < 4.78 is 0. The summed E-state index contributed by atoms with van der Waals surface area (Å²) in [5.74, 6) is 5.65. The average molecular weight is 283 g/mol. The maximum atomic E-state index is 12.0. The van der Waals surface area contributed by atoms with E-state index in [0.717, 1.165) is 23.2 Å². The van der Waals surface area contributed by atoms with E-state index in [9.17, 15) is 4.79 Å². The van der Waals surface area contributed by atoms with Crippen LogP contribution in [-0.2, 0) is 6.42 Å². The van der Waals surface area contributed by atoms with Gasteiger partial charge in [-0.2, -0.15) is 5.10 Å². The number of aromatic amines is 1. The molecule has 0 saturated heterocycles. The number of carbonyl (C=O) groups is 1. The van der Waals surface area contributed by atoms with Gasteiger partial charge in [0, 0.05) is 23.9 Å². The normalized spacial score (nSPS) is 9.81. The first-order chi connectivity index (χ1) is 10.2. The Hall–Kier alpha value is -2.58. The number of anilines is 1. The topological polar surface area (TPSA) is 78.0 Å². The molecule has 108 valence electrons. The van der Waals surface area contributed by atoms with Gasteiger partial charge in [0.2, 0.25) is 0 Å². The highest BCUT2D eigenvalue weighted by atomic mass is 16.2. The molecule has 1 aromatic carbocycles. The van der Waals surface area contributed by atoms with Crippen molar-refractivity contribution >= 4 is 11.6 Å². The molecule has 0 spiro atoms. The van der Waals surface area contributed by atoms with Crippen molar-refractivity contribution in [2.45, 2.75) is 19.8 Å². The Morgan fingerprint density at radius 3 is 2.95 bits per heavy atom. The lowest BCUT2D eigenvalue weighted by molar-refractivity contribution is 0.102. The van der Waals surface area contributed by atoms with Crippen molar-refractivity contribution in [2.75, 3.05) is 11.9 Å². The summed E-state index contributed by atoms with van der Waals surface area (Å²) in [5.41, 5.74) is 3.08. The van der Waals surface area contributed by atoms with Gasteiger partial charge in [0.05, 0.1) is 6.61 Å². The third-order valence-electron chi connectivity index (χ3n) is 2.95. The highest BCUT2D eigenvalue weighted by molar-refractivity contribution is 6.03. The molecule has 1 heterocycles. The molecule has 0 aliphatic heterocycles. The fourth-order valence-corrected chi connectivity index (χ4v) is 1.88. The molecule has 0 aliphatic carbocycles. The zero-order valence-electron chi connectivity index (χ0n) is 11.8. The van der Waals surface area contributed by atoms with Gasteiger partial charge in [0.25, 0.3) is 5.91 Å². The lowest BCUT2D eigenvalue weighted by atomic mass is 10.1. The number of hydrogen-bond donors (Lipinski definition) is 3. The second-order valence-corrected chi connectivity index (χ2v) is 4.43. The van der Waals surface area contributed by atoms with Crippen molar-refractivity contribution in [3.05, 3.63) is 47.3 Å². The average Bonchev–Trinajstić information content (AvgIpc) is 3.03. The number of hydrogen-bond acceptors (Lipinski definition) is 3. The summed E-state index contributed by atoms with van der Waals surface area (Å²) >= 11 is 0. The van der Waals surface area contributed by atoms with E-state index in [2.05, 4.69) is 27.4 Å². The molecule has 1 aromatic heterocycles. The van der Waals surface area contributed by atoms with Crippen molar-refractivity contribution in [1.29, 1.82) is 0 Å². The molecule has 5 nitrogen and oxygen atoms in total. The van der Waals surface area contributed by atoms with Crippen LogP contribution in [0.1, 0.15) is 35.0 Å². The third-order valence-corrected chi connectivity index (χ3v) is 2.95. The molecule has 2 aromatic rings. The van der Waals surface area contributed by atoms with E-state index < -0.39 is 0 Å². The van der Waals surface area contributed by atoms with E-state index in [1.165, 1.54) is 6.20 Å². The predicted octanol–water partition coefficient (Wildman–Crippen LogP) is 1.96. The van der Waals surface area contributed by atoms with Crippen LogP contribution in [0.5, 0.6) is 0 Å². The zero-order valence-corrected chi connectivity index (χ0v) is 11.8. The summed E-state index contributed by atoms with van der Waals surface area (Å²) in [6.07, 6.45) is 2.78. The van der Waals surface area contributed by atoms with Gasteiger partial charge in [-0.3, -0.25) is 9.89 Å². The van der Waals surface area contributed by atoms with Crippen LogP contribution in [0.4, 0.5) is 5.69 Å². The minimum absolute atomic E-state index is 0.0615. The van der Waals surface area contributed by atoms with Gasteiger partial charge in [-0.15, -0.1) is 0 Å². The van der Waals surface area contributed by atoms with E-state index in [0.29, 0.717) is 12.1 Å². The largest absolute Gasteiger partial charge is 0.395 e. The Balaban J connectivity index is 2.17. The molecular weight excluding hydrogens is 266 g/mol. The van der Waals surface area contributed by atoms with Gasteiger partial charge in [-0.1, -0.05) is 18.8 Å². The molecule has 0 radical (unpaired) electrons. The van der Waals surface area contributed by atoms with Crippen molar-refractivity contribution < 1.29 is 9.90 Å². The van der Waals surface area contributed by atoms with Crippen LogP contribution in [0, 0.1) is 11.8 Å². The molecule has 2 rings (SSSR count). The first kappa shape index (κ1) is 14.8. The second kappa shape index (κ2) is 7.27. The van der Waals surface area contributed by atoms with Crippen LogP contribution in [0.15, 0.2) is 30.5 Å². The number of aromatic nitrogens is 2. The van der Waals surface area contributed by atoms with E-state index in [-0.39, 0.29) is 12.5 Å². The molecule has 0 atom stereocenters. The number of aliphatic hydroxyl groups is 1. The fourth-order valence-electron chi connectivity index (χ4n) is 1.88. The van der Waals surface area contributed by atoms with Crippen molar-refractivity contribution in [3.8, 4) is 11.8 Å². The van der Waals surface area contributed by atoms with E-state index >= 15 is 0 Å². The minimum Gasteiger partial charge on any atom is -0.395 e. The molecule has 21 heavy (non-hydrogen) atoms. The van der Waals surface area contributed by atoms with Crippen molar-refractivity contribution in [1.82, 2.24) is 10.2 Å². The summed E-state index contributed by atoms with van der Waals surface area (Å²) in [4.78, 5) is 12.0. The number of nitrogens with one attached hydrogen (secondary N) is 2. The Morgan fingerprint density at radius 2 is 2.29 bits per heavy atom. The SMILES string of the molecule is CCc1cc(C#CCCO)ccc1NC(=O)c1ccn[nH]1. The second-order valence-electron chi connectivity index (χ2n) is 4.43. The molecule has 0 unspecified atom stereocenters. The maximum Gasteiger partial charge on any atom is 0.273 e. The number of carbonyl (C=O) groups excluding carboxylic acids is 1. The maximum absolute atomic E-state index is 12.0. The van der Waals surface area contributed by atoms with Gasteiger partial charge in [-0.25, -0.2) is 0 Å². The van der Waals surface area contributed by atoms with E-state index in [1.807, 2.05) is 25.1 Å². The van der Waals surface area contributed by atoms with Gasteiger partial charge in [0.1, 0.15) is 5.69 Å². The summed E-state index contributed by atoms with van der Waals surface area (Å²) in [6.45, 7) is 2.08. The molecule has 0 fully saturated rings. The number of H-pyrrole nitrogens is 1. The molecule has 0 aliphatic rings. The number of rotatable bonds is 4. The van der Waals surface area contributed by atoms with Crippen LogP contribution in [0.2, 0.25) is 0 Å². The molecule has 5 heteroatoms. The first-order valence-electron chi connectivity index (χ1n) is 6.78. The van der Waals surface area contributed by atoms with Crippen LogP contribution in [-0.4, -0.2) is 27.8 Å². The monoisotopic (exact) mass is 283 g/mol. The number of benzene rings is 1. The Morgan fingerprint density at radius 1 is 1.43 bits per heavy atom. The highest BCUT2D eigenvalue weighted by Gasteiger charge is 2.09. The number of amides is 1. The number of aliphatic hydroxyl groups excluding tert-OH is 1.